The zero-order valence-corrected chi connectivity index (χ0v) is 14.6. The van der Waals surface area contributed by atoms with Gasteiger partial charge in [-0.1, -0.05) is 38.1 Å². The predicted octanol–water partition coefficient (Wildman–Crippen LogP) is 3.31. The number of aliphatic hydroxyl groups excluding tert-OH is 1. The lowest BCUT2D eigenvalue weighted by molar-refractivity contribution is 0.0698. The average molecular weight is 328 g/mol. The van der Waals surface area contributed by atoms with E-state index in [-0.39, 0.29) is 18.1 Å². The van der Waals surface area contributed by atoms with Gasteiger partial charge in [-0.3, -0.25) is 0 Å². The smallest absolute Gasteiger partial charge is 0.340 e. The number of hydrogen-bond acceptors (Lipinski definition) is 4. The number of carbonyl (C=O) groups is 1. The Hall–Kier alpha value is -2.40. The minimum atomic E-state index is -1.02. The number of aryl methyl sites for hydroxylation is 1. The second-order valence-corrected chi connectivity index (χ2v) is 6.21. The van der Waals surface area contributed by atoms with E-state index < -0.39 is 5.97 Å². The fourth-order valence-corrected chi connectivity index (χ4v) is 2.68. The minimum Gasteiger partial charge on any atom is -0.478 e. The molecular weight excluding hydrogens is 304 g/mol. The topological polar surface area (TPSA) is 73.7 Å². The molecule has 0 saturated heterocycles. The Morgan fingerprint density at radius 3 is 2.46 bits per heavy atom. The van der Waals surface area contributed by atoms with E-state index in [0.717, 1.165) is 16.8 Å². The molecule has 1 heterocycles. The summed E-state index contributed by atoms with van der Waals surface area (Å²) in [6.45, 7) is 6.28. The highest BCUT2D eigenvalue weighted by molar-refractivity contribution is 6.01. The molecule has 0 saturated carbocycles. The number of aliphatic hydroxyl groups is 1. The van der Waals surface area contributed by atoms with Gasteiger partial charge in [0, 0.05) is 24.8 Å². The van der Waals surface area contributed by atoms with Crippen molar-refractivity contribution in [2.75, 3.05) is 25.1 Å². The lowest BCUT2D eigenvalue weighted by atomic mass is 9.94. The number of pyridine rings is 1. The molecule has 2 rings (SSSR count). The van der Waals surface area contributed by atoms with Gasteiger partial charge in [-0.05, 0) is 30.0 Å². The Morgan fingerprint density at radius 2 is 1.92 bits per heavy atom. The van der Waals surface area contributed by atoms with Crippen LogP contribution in [0.1, 0.15) is 41.4 Å². The molecule has 0 unspecified atom stereocenters. The molecule has 0 atom stereocenters. The van der Waals surface area contributed by atoms with Crippen LogP contribution in [0.4, 0.5) is 5.82 Å². The van der Waals surface area contributed by atoms with Gasteiger partial charge in [0.15, 0.2) is 0 Å². The maximum absolute atomic E-state index is 12.0. The number of anilines is 1. The van der Waals surface area contributed by atoms with E-state index in [4.69, 9.17) is 0 Å². The number of benzene rings is 1. The lowest BCUT2D eigenvalue weighted by Gasteiger charge is -2.23. The first-order valence-corrected chi connectivity index (χ1v) is 8.03. The second kappa shape index (κ2) is 7.45. The maximum Gasteiger partial charge on any atom is 0.340 e. The van der Waals surface area contributed by atoms with Gasteiger partial charge in [0.1, 0.15) is 11.4 Å². The molecule has 0 bridgehead atoms. The summed E-state index contributed by atoms with van der Waals surface area (Å²) in [5.74, 6) is -0.464. The summed E-state index contributed by atoms with van der Waals surface area (Å²) in [4.78, 5) is 18.2. The van der Waals surface area contributed by atoms with Crippen LogP contribution in [0.15, 0.2) is 30.3 Å². The largest absolute Gasteiger partial charge is 0.478 e. The van der Waals surface area contributed by atoms with E-state index in [2.05, 4.69) is 4.98 Å². The standard InChI is InChI=1S/C19H24N2O3/c1-12(2)16-11-15(14-8-6-5-7-13(14)3)17(19(23)24)18(20-16)21(4)9-10-22/h5-8,11-12,22H,9-10H2,1-4H3,(H,23,24). The first-order valence-electron chi connectivity index (χ1n) is 8.03. The summed E-state index contributed by atoms with van der Waals surface area (Å²) < 4.78 is 0. The number of aromatic carboxylic acids is 1. The fourth-order valence-electron chi connectivity index (χ4n) is 2.68. The van der Waals surface area contributed by atoms with Crippen LogP contribution >= 0.6 is 0 Å². The van der Waals surface area contributed by atoms with Gasteiger partial charge < -0.3 is 15.1 Å². The third kappa shape index (κ3) is 3.57. The molecule has 5 heteroatoms. The van der Waals surface area contributed by atoms with Gasteiger partial charge >= 0.3 is 5.97 Å². The van der Waals surface area contributed by atoms with Crippen molar-refractivity contribution in [2.24, 2.45) is 0 Å². The number of carboxylic acid groups (broad SMARTS) is 1. The number of nitrogens with zero attached hydrogens (tertiary/aromatic N) is 2. The van der Waals surface area contributed by atoms with Crippen molar-refractivity contribution in [3.63, 3.8) is 0 Å². The van der Waals surface area contributed by atoms with Crippen LogP contribution in [0.2, 0.25) is 0 Å². The van der Waals surface area contributed by atoms with E-state index in [0.29, 0.717) is 17.9 Å². The Balaban J connectivity index is 2.81. The van der Waals surface area contributed by atoms with E-state index in [1.807, 2.05) is 51.1 Å². The van der Waals surface area contributed by atoms with Gasteiger partial charge in [-0.25, -0.2) is 9.78 Å². The molecule has 0 aliphatic rings. The highest BCUT2D eigenvalue weighted by Crippen LogP contribution is 2.34. The molecule has 2 N–H and O–H groups in total. The Kier molecular flexibility index (Phi) is 5.57. The first-order chi connectivity index (χ1) is 11.4. The average Bonchev–Trinajstić information content (AvgIpc) is 2.54. The van der Waals surface area contributed by atoms with E-state index in [1.165, 1.54) is 0 Å². The highest BCUT2D eigenvalue weighted by atomic mass is 16.4. The van der Waals surface area contributed by atoms with Gasteiger partial charge in [-0.15, -0.1) is 0 Å². The predicted molar refractivity (Wildman–Crippen MR) is 95.8 cm³/mol. The zero-order valence-electron chi connectivity index (χ0n) is 14.6. The lowest BCUT2D eigenvalue weighted by Crippen LogP contribution is -2.25. The quantitative estimate of drug-likeness (QED) is 0.851. The maximum atomic E-state index is 12.0. The van der Waals surface area contributed by atoms with Crippen LogP contribution in [0.5, 0.6) is 0 Å². The molecule has 0 aliphatic heterocycles. The summed E-state index contributed by atoms with van der Waals surface area (Å²) >= 11 is 0. The number of rotatable bonds is 6. The summed E-state index contributed by atoms with van der Waals surface area (Å²) in [5, 5.41) is 19.0. The SMILES string of the molecule is Cc1ccccc1-c1cc(C(C)C)nc(N(C)CCO)c1C(=O)O. The van der Waals surface area contributed by atoms with Crippen LogP contribution in [0.25, 0.3) is 11.1 Å². The summed E-state index contributed by atoms with van der Waals surface area (Å²) in [7, 11) is 1.75. The molecule has 0 amide bonds. The van der Waals surface area contributed by atoms with Crippen LogP contribution in [0, 0.1) is 6.92 Å². The summed E-state index contributed by atoms with van der Waals surface area (Å²) in [6, 6.07) is 9.60. The van der Waals surface area contributed by atoms with Crippen molar-refractivity contribution in [1.29, 1.82) is 0 Å². The second-order valence-electron chi connectivity index (χ2n) is 6.21. The van der Waals surface area contributed by atoms with Crippen molar-refractivity contribution in [1.82, 2.24) is 4.98 Å². The van der Waals surface area contributed by atoms with Crippen molar-refractivity contribution in [3.8, 4) is 11.1 Å². The van der Waals surface area contributed by atoms with Gasteiger partial charge in [-0.2, -0.15) is 0 Å². The van der Waals surface area contributed by atoms with E-state index in [9.17, 15) is 15.0 Å². The van der Waals surface area contributed by atoms with Crippen LogP contribution < -0.4 is 4.90 Å². The Morgan fingerprint density at radius 1 is 1.25 bits per heavy atom. The van der Waals surface area contributed by atoms with Gasteiger partial charge in [0.25, 0.3) is 0 Å². The van der Waals surface area contributed by atoms with Crippen molar-refractivity contribution in [2.45, 2.75) is 26.7 Å². The molecule has 5 nitrogen and oxygen atoms in total. The zero-order chi connectivity index (χ0) is 17.9. The van der Waals surface area contributed by atoms with Crippen LogP contribution in [-0.2, 0) is 0 Å². The van der Waals surface area contributed by atoms with Crippen LogP contribution in [0.3, 0.4) is 0 Å². The Bertz CT molecular complexity index is 741. The van der Waals surface area contributed by atoms with E-state index in [1.54, 1.807) is 11.9 Å². The normalized spacial score (nSPS) is 10.9. The number of likely N-dealkylation sites (N-methyl/N-ethyl adjacent to an activating group) is 1. The molecule has 0 radical (unpaired) electrons. The molecule has 1 aromatic heterocycles. The van der Waals surface area contributed by atoms with Gasteiger partial charge in [0.05, 0.1) is 6.61 Å². The van der Waals surface area contributed by atoms with Crippen molar-refractivity contribution >= 4 is 11.8 Å². The molecule has 0 spiro atoms. The first kappa shape index (κ1) is 17.9. The van der Waals surface area contributed by atoms with Crippen LogP contribution in [-0.4, -0.2) is 41.4 Å². The molecule has 128 valence electrons. The third-order valence-electron chi connectivity index (χ3n) is 4.06. The fraction of sp³-hybridized carbons (Fsp3) is 0.368. The van der Waals surface area contributed by atoms with Crippen molar-refractivity contribution < 1.29 is 15.0 Å². The number of aromatic nitrogens is 1. The minimum absolute atomic E-state index is 0.0666. The number of carboxylic acids is 1. The molecule has 0 fully saturated rings. The summed E-state index contributed by atoms with van der Waals surface area (Å²) in [5.41, 5.74) is 3.57. The van der Waals surface area contributed by atoms with E-state index >= 15 is 0 Å². The van der Waals surface area contributed by atoms with Crippen molar-refractivity contribution in [3.05, 3.63) is 47.2 Å². The monoisotopic (exact) mass is 328 g/mol. The summed E-state index contributed by atoms with van der Waals surface area (Å²) in [6.07, 6.45) is 0. The third-order valence-corrected chi connectivity index (χ3v) is 4.06. The highest BCUT2D eigenvalue weighted by Gasteiger charge is 2.23. The molecule has 1 aromatic carbocycles. The molecular formula is C19H24N2O3. The molecule has 2 aromatic rings. The Labute approximate surface area is 142 Å². The van der Waals surface area contributed by atoms with Gasteiger partial charge in [0.2, 0.25) is 0 Å². The molecule has 24 heavy (non-hydrogen) atoms. The molecule has 0 aliphatic carbocycles. The number of hydrogen-bond donors (Lipinski definition) is 2.